The minimum atomic E-state index is -0.380. The zero-order valence-electron chi connectivity index (χ0n) is 16.7. The van der Waals surface area contributed by atoms with E-state index in [1.165, 1.54) is 0 Å². The summed E-state index contributed by atoms with van der Waals surface area (Å²) in [6, 6.07) is 12.5. The van der Waals surface area contributed by atoms with E-state index in [9.17, 15) is 9.59 Å². The first-order valence-corrected chi connectivity index (χ1v) is 9.62. The average molecular weight is 398 g/mol. The van der Waals surface area contributed by atoms with Crippen LogP contribution in [-0.4, -0.2) is 45.3 Å². The summed E-state index contributed by atoms with van der Waals surface area (Å²) in [5, 5.41) is 5.72. The first-order valence-electron chi connectivity index (χ1n) is 9.62. The number of benzene rings is 2. The summed E-state index contributed by atoms with van der Waals surface area (Å²) in [6.07, 6.45) is 1.93. The molecule has 1 aliphatic heterocycles. The summed E-state index contributed by atoms with van der Waals surface area (Å²) in [6.45, 7) is 1.12. The van der Waals surface area contributed by atoms with Crippen LogP contribution in [0.1, 0.15) is 28.8 Å². The van der Waals surface area contributed by atoms with E-state index < -0.39 is 0 Å². The molecule has 1 aliphatic rings. The molecule has 0 spiro atoms. The Hall–Kier alpha value is -3.06. The summed E-state index contributed by atoms with van der Waals surface area (Å²) in [5.41, 5.74) is 2.22. The van der Waals surface area contributed by atoms with Crippen molar-refractivity contribution in [2.45, 2.75) is 25.4 Å². The summed E-state index contributed by atoms with van der Waals surface area (Å²) in [5.74, 6) is 1.03. The maximum atomic E-state index is 12.3. The summed E-state index contributed by atoms with van der Waals surface area (Å²) in [4.78, 5) is 24.4. The number of nitrogens with one attached hydrogen (secondary N) is 2. The van der Waals surface area contributed by atoms with E-state index in [0.717, 1.165) is 18.4 Å². The minimum Gasteiger partial charge on any atom is -0.493 e. The predicted octanol–water partition coefficient (Wildman–Crippen LogP) is 2.79. The summed E-state index contributed by atoms with van der Waals surface area (Å²) in [7, 11) is 3.19. The molecule has 0 aromatic heterocycles. The molecule has 2 aromatic rings. The van der Waals surface area contributed by atoms with Crippen LogP contribution in [0.2, 0.25) is 0 Å². The van der Waals surface area contributed by atoms with Crippen LogP contribution in [-0.2, 0) is 16.0 Å². The van der Waals surface area contributed by atoms with Crippen LogP contribution in [0.25, 0.3) is 0 Å². The molecule has 2 N–H and O–H groups in total. The molecule has 154 valence electrons. The zero-order valence-corrected chi connectivity index (χ0v) is 16.7. The fourth-order valence-electron chi connectivity index (χ4n) is 3.17. The van der Waals surface area contributed by atoms with Crippen molar-refractivity contribution in [3.63, 3.8) is 0 Å². The molecule has 0 radical (unpaired) electrons. The van der Waals surface area contributed by atoms with E-state index in [0.29, 0.717) is 42.3 Å². The largest absolute Gasteiger partial charge is 0.493 e. The minimum absolute atomic E-state index is 0.144. The van der Waals surface area contributed by atoms with Gasteiger partial charge in [-0.15, -0.1) is 0 Å². The number of amides is 2. The summed E-state index contributed by atoms with van der Waals surface area (Å²) < 4.78 is 15.9. The van der Waals surface area contributed by atoms with Gasteiger partial charge in [0.15, 0.2) is 11.5 Å². The van der Waals surface area contributed by atoms with Gasteiger partial charge in [0, 0.05) is 24.4 Å². The van der Waals surface area contributed by atoms with Gasteiger partial charge in [0.1, 0.15) is 6.10 Å². The number of ether oxygens (including phenoxy) is 3. The second-order valence-electron chi connectivity index (χ2n) is 6.76. The average Bonchev–Trinajstić information content (AvgIpc) is 3.29. The van der Waals surface area contributed by atoms with Gasteiger partial charge in [0.2, 0.25) is 0 Å². The smallest absolute Gasteiger partial charge is 0.253 e. The van der Waals surface area contributed by atoms with Crippen LogP contribution in [0.4, 0.5) is 5.69 Å². The van der Waals surface area contributed by atoms with Crippen LogP contribution in [0.15, 0.2) is 42.5 Å². The van der Waals surface area contributed by atoms with E-state index in [4.69, 9.17) is 14.2 Å². The normalized spacial score (nSPS) is 15.6. The number of carbonyl (C=O) groups excluding carboxylic acids is 2. The number of hydrogen-bond acceptors (Lipinski definition) is 5. The maximum Gasteiger partial charge on any atom is 0.253 e. The number of hydrogen-bond donors (Lipinski definition) is 2. The highest BCUT2D eigenvalue weighted by Gasteiger charge is 2.23. The highest BCUT2D eigenvalue weighted by Crippen LogP contribution is 2.27. The first kappa shape index (κ1) is 20.7. The van der Waals surface area contributed by atoms with E-state index in [2.05, 4.69) is 10.6 Å². The molecule has 0 saturated carbocycles. The van der Waals surface area contributed by atoms with Crippen molar-refractivity contribution in [2.75, 3.05) is 32.7 Å². The molecule has 1 saturated heterocycles. The number of rotatable bonds is 8. The third-order valence-electron chi connectivity index (χ3n) is 4.78. The Morgan fingerprint density at radius 2 is 1.83 bits per heavy atom. The Labute approximate surface area is 170 Å². The molecule has 1 fully saturated rings. The van der Waals surface area contributed by atoms with Gasteiger partial charge in [-0.25, -0.2) is 0 Å². The lowest BCUT2D eigenvalue weighted by atomic mass is 10.1. The standard InChI is InChI=1S/C22H26N2O5/c1-27-18-10-5-15(14-20(18)28-2)11-12-23-21(25)16-6-8-17(9-7-16)24-22(26)19-4-3-13-29-19/h5-10,14,19H,3-4,11-13H2,1-2H3,(H,23,25)(H,24,26). The van der Waals surface area contributed by atoms with Crippen LogP contribution in [0.5, 0.6) is 11.5 Å². The van der Waals surface area contributed by atoms with Gasteiger partial charge in [0.25, 0.3) is 11.8 Å². The van der Waals surface area contributed by atoms with E-state index in [1.807, 2.05) is 18.2 Å². The molecule has 2 amide bonds. The fourth-order valence-corrected chi connectivity index (χ4v) is 3.17. The SMILES string of the molecule is COc1ccc(CCNC(=O)c2ccc(NC(=O)C3CCCO3)cc2)cc1OC. The number of carbonyl (C=O) groups is 2. The zero-order chi connectivity index (χ0) is 20.6. The van der Waals surface area contributed by atoms with Gasteiger partial charge in [-0.05, 0) is 61.2 Å². The second kappa shape index (κ2) is 9.93. The maximum absolute atomic E-state index is 12.3. The molecule has 1 atom stereocenters. The van der Waals surface area contributed by atoms with Crippen LogP contribution in [0.3, 0.4) is 0 Å². The quantitative estimate of drug-likeness (QED) is 0.714. The lowest BCUT2D eigenvalue weighted by Crippen LogP contribution is -2.27. The highest BCUT2D eigenvalue weighted by molar-refractivity contribution is 5.96. The van der Waals surface area contributed by atoms with Crippen molar-refractivity contribution in [3.8, 4) is 11.5 Å². The Bertz CT molecular complexity index is 845. The van der Waals surface area contributed by atoms with Gasteiger partial charge < -0.3 is 24.8 Å². The molecule has 7 heteroatoms. The Balaban J connectivity index is 1.48. The van der Waals surface area contributed by atoms with Gasteiger partial charge in [-0.2, -0.15) is 0 Å². The van der Waals surface area contributed by atoms with E-state index in [1.54, 1.807) is 38.5 Å². The van der Waals surface area contributed by atoms with Crippen LogP contribution < -0.4 is 20.1 Å². The Morgan fingerprint density at radius 3 is 2.48 bits per heavy atom. The Morgan fingerprint density at radius 1 is 1.07 bits per heavy atom. The molecule has 29 heavy (non-hydrogen) atoms. The fraction of sp³-hybridized carbons (Fsp3) is 0.364. The van der Waals surface area contributed by atoms with Crippen LogP contribution >= 0.6 is 0 Å². The van der Waals surface area contributed by atoms with Crippen molar-refractivity contribution in [1.82, 2.24) is 5.32 Å². The van der Waals surface area contributed by atoms with Crippen LogP contribution in [0, 0.1) is 0 Å². The van der Waals surface area contributed by atoms with E-state index >= 15 is 0 Å². The number of anilines is 1. The predicted molar refractivity (Wildman–Crippen MR) is 110 cm³/mol. The lowest BCUT2D eigenvalue weighted by Gasteiger charge is -2.11. The molecular weight excluding hydrogens is 372 g/mol. The molecule has 3 rings (SSSR count). The molecule has 0 aliphatic carbocycles. The van der Waals surface area contributed by atoms with Gasteiger partial charge >= 0.3 is 0 Å². The van der Waals surface area contributed by atoms with Gasteiger partial charge in [-0.1, -0.05) is 6.07 Å². The van der Waals surface area contributed by atoms with Gasteiger partial charge in [-0.3, -0.25) is 9.59 Å². The van der Waals surface area contributed by atoms with Crippen molar-refractivity contribution in [3.05, 3.63) is 53.6 Å². The monoisotopic (exact) mass is 398 g/mol. The molecular formula is C22H26N2O5. The van der Waals surface area contributed by atoms with Crippen molar-refractivity contribution < 1.29 is 23.8 Å². The molecule has 2 aromatic carbocycles. The topological polar surface area (TPSA) is 85.9 Å². The van der Waals surface area contributed by atoms with Crippen molar-refractivity contribution in [1.29, 1.82) is 0 Å². The second-order valence-corrected chi connectivity index (χ2v) is 6.76. The first-order chi connectivity index (χ1) is 14.1. The molecule has 0 bridgehead atoms. The Kier molecular flexibility index (Phi) is 7.08. The molecule has 7 nitrogen and oxygen atoms in total. The lowest BCUT2D eigenvalue weighted by molar-refractivity contribution is -0.124. The molecule has 1 unspecified atom stereocenters. The van der Waals surface area contributed by atoms with Gasteiger partial charge in [0.05, 0.1) is 14.2 Å². The van der Waals surface area contributed by atoms with E-state index in [-0.39, 0.29) is 17.9 Å². The number of methoxy groups -OCH3 is 2. The molecule has 1 heterocycles. The van der Waals surface area contributed by atoms with Crippen molar-refractivity contribution in [2.24, 2.45) is 0 Å². The highest BCUT2D eigenvalue weighted by atomic mass is 16.5. The summed E-state index contributed by atoms with van der Waals surface area (Å²) >= 11 is 0. The van der Waals surface area contributed by atoms with Crippen molar-refractivity contribution >= 4 is 17.5 Å². The third kappa shape index (κ3) is 5.48. The third-order valence-corrected chi connectivity index (χ3v) is 4.78.